The molecule has 0 saturated heterocycles. The van der Waals surface area contributed by atoms with Gasteiger partial charge in [0.2, 0.25) is 0 Å². The minimum Gasteiger partial charge on any atom is -0.490 e. The van der Waals surface area contributed by atoms with E-state index in [1.165, 1.54) is 0 Å². The molecule has 0 aliphatic rings. The smallest absolute Gasteiger partial charge is 0.192 e. The third-order valence-corrected chi connectivity index (χ3v) is 4.80. The Morgan fingerprint density at radius 3 is 2.50 bits per heavy atom. The van der Waals surface area contributed by atoms with Crippen molar-refractivity contribution in [2.45, 2.75) is 40.3 Å². The zero-order chi connectivity index (χ0) is 22.8. The zero-order valence-corrected chi connectivity index (χ0v) is 19.2. The maximum Gasteiger partial charge on any atom is 0.192 e. The molecule has 0 saturated carbocycles. The number of para-hydroxylation sites is 1. The van der Waals surface area contributed by atoms with Crippen LogP contribution >= 0.6 is 0 Å². The molecule has 1 atom stereocenters. The molecule has 0 spiro atoms. The summed E-state index contributed by atoms with van der Waals surface area (Å²) >= 11 is 0. The minimum absolute atomic E-state index is 0.00896. The maximum atomic E-state index is 5.77. The van der Waals surface area contributed by atoms with Crippen molar-refractivity contribution in [2.75, 3.05) is 19.8 Å². The molecule has 0 fully saturated rings. The molecular formula is C24H32N6O2. The Morgan fingerprint density at radius 1 is 1.03 bits per heavy atom. The van der Waals surface area contributed by atoms with E-state index in [4.69, 9.17) is 14.5 Å². The summed E-state index contributed by atoms with van der Waals surface area (Å²) in [6.45, 7) is 10.4. The Kier molecular flexibility index (Phi) is 8.48. The Labute approximate surface area is 189 Å². The molecular weight excluding hydrogens is 404 g/mol. The molecule has 0 aliphatic heterocycles. The number of benzene rings is 2. The zero-order valence-electron chi connectivity index (χ0n) is 19.2. The lowest BCUT2D eigenvalue weighted by atomic mass is 10.1. The highest BCUT2D eigenvalue weighted by molar-refractivity contribution is 5.80. The average molecular weight is 437 g/mol. The second-order valence-corrected chi connectivity index (χ2v) is 7.09. The number of guanidine groups is 1. The van der Waals surface area contributed by atoms with Gasteiger partial charge >= 0.3 is 0 Å². The third-order valence-electron chi connectivity index (χ3n) is 4.80. The summed E-state index contributed by atoms with van der Waals surface area (Å²) in [7, 11) is 0. The summed E-state index contributed by atoms with van der Waals surface area (Å²) in [5.41, 5.74) is 2.09. The van der Waals surface area contributed by atoms with Gasteiger partial charge in [0.15, 0.2) is 23.3 Å². The maximum absolute atomic E-state index is 5.77. The Balaban J connectivity index is 1.75. The standard InChI is InChI=1S/C24H32N6O2/c1-5-25-24(26-16-23-29-27-17-30(23)20-11-9-8-10-12-20)28-18(4)19-13-14-21(31-6-2)22(15-19)32-7-3/h8-15,17-18H,5-7,16H2,1-4H3,(H2,25,26,28). The topological polar surface area (TPSA) is 85.6 Å². The molecule has 1 heterocycles. The quantitative estimate of drug-likeness (QED) is 0.371. The van der Waals surface area contributed by atoms with Crippen molar-refractivity contribution in [2.24, 2.45) is 4.99 Å². The van der Waals surface area contributed by atoms with Gasteiger partial charge in [0.05, 0.1) is 19.3 Å². The van der Waals surface area contributed by atoms with Crippen LogP contribution in [-0.2, 0) is 6.54 Å². The molecule has 2 aromatic carbocycles. The van der Waals surface area contributed by atoms with Gasteiger partial charge in [0, 0.05) is 12.2 Å². The van der Waals surface area contributed by atoms with Gasteiger partial charge in [-0.25, -0.2) is 4.99 Å². The molecule has 0 aliphatic carbocycles. The third kappa shape index (κ3) is 6.00. The second-order valence-electron chi connectivity index (χ2n) is 7.09. The van der Waals surface area contributed by atoms with Gasteiger partial charge in [-0.05, 0) is 57.5 Å². The molecule has 3 rings (SSSR count). The molecule has 170 valence electrons. The van der Waals surface area contributed by atoms with Crippen LogP contribution in [-0.4, -0.2) is 40.5 Å². The molecule has 0 radical (unpaired) electrons. The van der Waals surface area contributed by atoms with Crippen molar-refractivity contribution in [1.29, 1.82) is 0 Å². The van der Waals surface area contributed by atoms with E-state index in [9.17, 15) is 0 Å². The van der Waals surface area contributed by atoms with E-state index in [1.807, 2.05) is 73.9 Å². The molecule has 32 heavy (non-hydrogen) atoms. The molecule has 8 nitrogen and oxygen atoms in total. The van der Waals surface area contributed by atoms with E-state index >= 15 is 0 Å². The van der Waals surface area contributed by atoms with Gasteiger partial charge < -0.3 is 20.1 Å². The molecule has 8 heteroatoms. The lowest BCUT2D eigenvalue weighted by Gasteiger charge is -2.20. The van der Waals surface area contributed by atoms with Gasteiger partial charge in [-0.15, -0.1) is 10.2 Å². The SMILES string of the molecule is CCNC(=NCc1nncn1-c1ccccc1)NC(C)c1ccc(OCC)c(OCC)c1. The highest BCUT2D eigenvalue weighted by Crippen LogP contribution is 2.30. The predicted molar refractivity (Wildman–Crippen MR) is 127 cm³/mol. The highest BCUT2D eigenvalue weighted by Gasteiger charge is 2.13. The fourth-order valence-corrected chi connectivity index (χ4v) is 3.27. The number of ether oxygens (including phenoxy) is 2. The van der Waals surface area contributed by atoms with Crippen molar-refractivity contribution < 1.29 is 9.47 Å². The molecule has 1 unspecified atom stereocenters. The fraction of sp³-hybridized carbons (Fsp3) is 0.375. The van der Waals surface area contributed by atoms with Crippen LogP contribution in [0, 0.1) is 0 Å². The highest BCUT2D eigenvalue weighted by atomic mass is 16.5. The Morgan fingerprint density at radius 2 is 1.78 bits per heavy atom. The molecule has 0 bridgehead atoms. The fourth-order valence-electron chi connectivity index (χ4n) is 3.27. The van der Waals surface area contributed by atoms with Crippen LogP contribution in [0.4, 0.5) is 0 Å². The lowest BCUT2D eigenvalue weighted by molar-refractivity contribution is 0.287. The normalized spacial score (nSPS) is 12.3. The second kappa shape index (κ2) is 11.7. The average Bonchev–Trinajstić information content (AvgIpc) is 3.28. The first-order valence-electron chi connectivity index (χ1n) is 11.0. The number of hydrogen-bond acceptors (Lipinski definition) is 5. The molecule has 2 N–H and O–H groups in total. The van der Waals surface area contributed by atoms with E-state index in [2.05, 4.69) is 27.8 Å². The van der Waals surface area contributed by atoms with E-state index in [1.54, 1.807) is 6.33 Å². The molecule has 3 aromatic rings. The van der Waals surface area contributed by atoms with Gasteiger partial charge in [0.1, 0.15) is 12.9 Å². The van der Waals surface area contributed by atoms with Gasteiger partial charge in [-0.3, -0.25) is 4.57 Å². The van der Waals surface area contributed by atoms with Crippen LogP contribution in [0.1, 0.15) is 45.1 Å². The minimum atomic E-state index is 0.00896. The van der Waals surface area contributed by atoms with Crippen LogP contribution in [0.5, 0.6) is 11.5 Å². The van der Waals surface area contributed by atoms with Crippen LogP contribution in [0.15, 0.2) is 59.9 Å². The Bertz CT molecular complexity index is 1000. The van der Waals surface area contributed by atoms with Crippen LogP contribution in [0.2, 0.25) is 0 Å². The monoisotopic (exact) mass is 436 g/mol. The summed E-state index contributed by atoms with van der Waals surface area (Å²) in [6, 6.07) is 16.0. The number of aromatic nitrogens is 3. The number of rotatable bonds is 10. The van der Waals surface area contributed by atoms with Crippen molar-refractivity contribution in [1.82, 2.24) is 25.4 Å². The van der Waals surface area contributed by atoms with E-state index in [0.29, 0.717) is 25.7 Å². The summed E-state index contributed by atoms with van der Waals surface area (Å²) < 4.78 is 13.4. The number of aliphatic imine (C=N–C) groups is 1. The summed E-state index contributed by atoms with van der Waals surface area (Å²) in [5, 5.41) is 15.1. The first-order chi connectivity index (χ1) is 15.7. The summed E-state index contributed by atoms with van der Waals surface area (Å²) in [4.78, 5) is 4.73. The van der Waals surface area contributed by atoms with E-state index in [0.717, 1.165) is 35.1 Å². The van der Waals surface area contributed by atoms with Crippen molar-refractivity contribution in [3.8, 4) is 17.2 Å². The van der Waals surface area contributed by atoms with Crippen molar-refractivity contribution >= 4 is 5.96 Å². The number of nitrogens with one attached hydrogen (secondary N) is 2. The predicted octanol–water partition coefficient (Wildman–Crippen LogP) is 3.88. The first kappa shape index (κ1) is 23.1. The van der Waals surface area contributed by atoms with Crippen molar-refractivity contribution in [3.05, 3.63) is 66.2 Å². The molecule has 1 aromatic heterocycles. The van der Waals surface area contributed by atoms with Gasteiger partial charge in [-0.1, -0.05) is 24.3 Å². The number of nitrogens with zero attached hydrogens (tertiary/aromatic N) is 4. The lowest BCUT2D eigenvalue weighted by Crippen LogP contribution is -2.38. The summed E-state index contributed by atoms with van der Waals surface area (Å²) in [5.74, 6) is 2.97. The summed E-state index contributed by atoms with van der Waals surface area (Å²) in [6.07, 6.45) is 1.71. The van der Waals surface area contributed by atoms with Gasteiger partial charge in [-0.2, -0.15) is 0 Å². The van der Waals surface area contributed by atoms with E-state index < -0.39 is 0 Å². The van der Waals surface area contributed by atoms with Crippen LogP contribution in [0.3, 0.4) is 0 Å². The van der Waals surface area contributed by atoms with Crippen LogP contribution < -0.4 is 20.1 Å². The Hall–Kier alpha value is -3.55. The van der Waals surface area contributed by atoms with Gasteiger partial charge in [0.25, 0.3) is 0 Å². The van der Waals surface area contributed by atoms with E-state index in [-0.39, 0.29) is 6.04 Å². The molecule has 0 amide bonds. The largest absolute Gasteiger partial charge is 0.490 e. The van der Waals surface area contributed by atoms with Crippen molar-refractivity contribution in [3.63, 3.8) is 0 Å². The first-order valence-corrected chi connectivity index (χ1v) is 11.0. The van der Waals surface area contributed by atoms with Crippen LogP contribution in [0.25, 0.3) is 5.69 Å². The number of hydrogen-bond donors (Lipinski definition) is 2.